The largest absolute Gasteiger partial charge is 0.464 e. The topological polar surface area (TPSA) is 103 Å². The minimum absolute atomic E-state index is 0.0743. The molecule has 2 fully saturated rings. The second-order valence-corrected chi connectivity index (χ2v) is 9.82. The molecule has 1 amide bonds. The smallest absolute Gasteiger partial charge is 0.251 e. The van der Waals surface area contributed by atoms with Crippen molar-refractivity contribution in [1.29, 1.82) is 0 Å². The maximum absolute atomic E-state index is 13.3. The second kappa shape index (κ2) is 9.62. The number of hydrogen-bond acceptors (Lipinski definition) is 6. The third kappa shape index (κ3) is 4.59. The molecule has 8 nitrogen and oxygen atoms in total. The van der Waals surface area contributed by atoms with Crippen molar-refractivity contribution < 1.29 is 9.21 Å². The van der Waals surface area contributed by atoms with Gasteiger partial charge in [-0.25, -0.2) is 4.98 Å². The summed E-state index contributed by atoms with van der Waals surface area (Å²) in [5.41, 5.74) is 1.93. The first-order valence-corrected chi connectivity index (χ1v) is 12.3. The Morgan fingerprint density at radius 3 is 2.82 bits per heavy atom. The van der Waals surface area contributed by atoms with Crippen LogP contribution in [0, 0.1) is 12.8 Å². The molecule has 1 aliphatic carbocycles. The summed E-state index contributed by atoms with van der Waals surface area (Å²) in [4.78, 5) is 35.7. The summed E-state index contributed by atoms with van der Waals surface area (Å²) in [5.74, 6) is 1.20. The van der Waals surface area contributed by atoms with Crippen LogP contribution in [0.1, 0.15) is 44.1 Å². The number of anilines is 1. The Morgan fingerprint density at radius 1 is 1.24 bits per heavy atom. The normalized spacial score (nSPS) is 22.1. The summed E-state index contributed by atoms with van der Waals surface area (Å²) in [7, 11) is 2.06. The summed E-state index contributed by atoms with van der Waals surface area (Å²) in [6.07, 6.45) is 9.96. The number of carbonyl (C=O) groups is 1. The van der Waals surface area contributed by atoms with E-state index in [2.05, 4.69) is 32.5 Å². The fourth-order valence-electron chi connectivity index (χ4n) is 5.32. The number of nitrogens with zero attached hydrogens (tertiary/aromatic N) is 2. The lowest BCUT2D eigenvalue weighted by Crippen LogP contribution is -2.53. The quantitative estimate of drug-likeness (QED) is 0.533. The lowest BCUT2D eigenvalue weighted by molar-refractivity contribution is -0.127. The van der Waals surface area contributed by atoms with Gasteiger partial charge in [-0.05, 0) is 58.0 Å². The highest BCUT2D eigenvalue weighted by atomic mass is 16.3. The van der Waals surface area contributed by atoms with Gasteiger partial charge in [0.1, 0.15) is 5.76 Å². The molecule has 0 unspecified atom stereocenters. The molecule has 0 spiro atoms. The maximum Gasteiger partial charge on any atom is 0.251 e. The number of hydrogen-bond donors (Lipinski definition) is 3. The molecule has 4 heterocycles. The highest BCUT2D eigenvalue weighted by molar-refractivity contribution is 5.98. The average molecular weight is 464 g/mol. The zero-order chi connectivity index (χ0) is 23.7. The number of amides is 1. The molecular formula is C26H33N5O3. The van der Waals surface area contributed by atoms with Gasteiger partial charge in [-0.3, -0.25) is 9.59 Å². The van der Waals surface area contributed by atoms with Crippen molar-refractivity contribution >= 4 is 22.6 Å². The number of nitrogens with one attached hydrogen (secondary N) is 3. The van der Waals surface area contributed by atoms with Gasteiger partial charge in [0.05, 0.1) is 17.7 Å². The Morgan fingerprint density at radius 2 is 2.06 bits per heavy atom. The van der Waals surface area contributed by atoms with Crippen molar-refractivity contribution in [3.8, 4) is 11.3 Å². The van der Waals surface area contributed by atoms with Gasteiger partial charge in [0, 0.05) is 41.3 Å². The molecule has 1 saturated heterocycles. The molecule has 2 atom stereocenters. The van der Waals surface area contributed by atoms with Crippen LogP contribution in [0.5, 0.6) is 0 Å². The van der Waals surface area contributed by atoms with Crippen molar-refractivity contribution in [1.82, 2.24) is 20.2 Å². The van der Waals surface area contributed by atoms with Crippen molar-refractivity contribution in [3.63, 3.8) is 0 Å². The van der Waals surface area contributed by atoms with Gasteiger partial charge in [-0.15, -0.1) is 0 Å². The van der Waals surface area contributed by atoms with E-state index in [4.69, 9.17) is 4.42 Å². The van der Waals surface area contributed by atoms with Crippen LogP contribution in [0.4, 0.5) is 5.82 Å². The van der Waals surface area contributed by atoms with Gasteiger partial charge >= 0.3 is 0 Å². The molecule has 2 aliphatic rings. The third-order valence-corrected chi connectivity index (χ3v) is 7.29. The van der Waals surface area contributed by atoms with Crippen LogP contribution in [-0.4, -0.2) is 53.0 Å². The van der Waals surface area contributed by atoms with E-state index in [1.807, 2.05) is 18.2 Å². The average Bonchev–Trinajstić information content (AvgIpc) is 3.37. The predicted molar refractivity (Wildman–Crippen MR) is 133 cm³/mol. The fourth-order valence-corrected chi connectivity index (χ4v) is 5.32. The first kappa shape index (κ1) is 22.7. The van der Waals surface area contributed by atoms with E-state index in [-0.39, 0.29) is 29.5 Å². The van der Waals surface area contributed by atoms with Gasteiger partial charge in [0.2, 0.25) is 5.91 Å². The third-order valence-electron chi connectivity index (χ3n) is 7.29. The van der Waals surface area contributed by atoms with Crippen LogP contribution in [0.25, 0.3) is 22.2 Å². The van der Waals surface area contributed by atoms with Crippen LogP contribution in [0.15, 0.2) is 39.9 Å². The Labute approximate surface area is 199 Å². The first-order valence-electron chi connectivity index (χ1n) is 12.3. The summed E-state index contributed by atoms with van der Waals surface area (Å²) in [6.45, 7) is 3.37. The number of aromatic amines is 1. The monoisotopic (exact) mass is 463 g/mol. The summed E-state index contributed by atoms with van der Waals surface area (Å²) in [5, 5.41) is 7.70. The highest BCUT2D eigenvalue weighted by Crippen LogP contribution is 2.32. The van der Waals surface area contributed by atoms with Gasteiger partial charge < -0.3 is 24.9 Å². The zero-order valence-electron chi connectivity index (χ0n) is 19.9. The lowest BCUT2D eigenvalue weighted by atomic mass is 9.89. The summed E-state index contributed by atoms with van der Waals surface area (Å²) in [6, 6.07) is 5.79. The molecule has 34 heavy (non-hydrogen) atoms. The molecule has 1 aliphatic heterocycles. The number of aromatic nitrogens is 2. The molecule has 8 heteroatoms. The second-order valence-electron chi connectivity index (χ2n) is 9.82. The van der Waals surface area contributed by atoms with E-state index in [9.17, 15) is 9.59 Å². The number of carbonyl (C=O) groups excluding carboxylic acids is 1. The Kier molecular flexibility index (Phi) is 6.41. The Balaban J connectivity index is 1.46. The molecule has 0 bridgehead atoms. The van der Waals surface area contributed by atoms with E-state index in [0.29, 0.717) is 29.2 Å². The maximum atomic E-state index is 13.3. The number of piperidine rings is 1. The number of likely N-dealkylation sites (tertiary alicyclic amines) is 1. The molecule has 5 rings (SSSR count). The predicted octanol–water partition coefficient (Wildman–Crippen LogP) is 3.67. The Bertz CT molecular complexity index is 1210. The zero-order valence-corrected chi connectivity index (χ0v) is 19.9. The number of H-pyrrole nitrogens is 1. The van der Waals surface area contributed by atoms with Crippen LogP contribution in [0.2, 0.25) is 0 Å². The van der Waals surface area contributed by atoms with E-state index in [0.717, 1.165) is 36.8 Å². The minimum atomic E-state index is -0.195. The Hall–Kier alpha value is -3.13. The van der Waals surface area contributed by atoms with Crippen LogP contribution in [0.3, 0.4) is 0 Å². The molecule has 0 radical (unpaired) electrons. The van der Waals surface area contributed by atoms with Crippen LogP contribution >= 0.6 is 0 Å². The number of aryl methyl sites for hydroxylation is 1. The van der Waals surface area contributed by atoms with E-state index in [1.165, 1.54) is 19.3 Å². The van der Waals surface area contributed by atoms with Crippen molar-refractivity contribution in [2.24, 2.45) is 5.92 Å². The molecule has 3 aromatic heterocycles. The molecular weight excluding hydrogens is 430 g/mol. The highest BCUT2D eigenvalue weighted by Gasteiger charge is 2.35. The van der Waals surface area contributed by atoms with Crippen LogP contribution in [-0.2, 0) is 4.79 Å². The molecule has 180 valence electrons. The van der Waals surface area contributed by atoms with E-state index in [1.54, 1.807) is 19.4 Å². The van der Waals surface area contributed by atoms with Crippen molar-refractivity contribution in [2.45, 2.75) is 57.5 Å². The van der Waals surface area contributed by atoms with E-state index >= 15 is 0 Å². The molecule has 0 aromatic carbocycles. The number of rotatable bonds is 5. The number of fused-ring (bicyclic) bond motifs is 1. The minimum Gasteiger partial charge on any atom is -0.464 e. The van der Waals surface area contributed by atoms with Gasteiger partial charge in [0.15, 0.2) is 5.82 Å². The van der Waals surface area contributed by atoms with Gasteiger partial charge in [0.25, 0.3) is 5.56 Å². The first-order chi connectivity index (χ1) is 16.5. The standard InChI is InChI=1S/C26H33N5O3/c1-16-13-18-19(22-9-6-12-34-22)14-27-24(23(18)30-25(16)32)29-21-10-11-31(2)15-20(21)26(33)28-17-7-4-3-5-8-17/h6,9,12-14,17,20-21H,3-5,7-8,10-11,15H2,1-2H3,(H,27,29)(H,28,33)(H,30,32)/t20-,21-/m0/s1. The van der Waals surface area contributed by atoms with E-state index < -0.39 is 0 Å². The van der Waals surface area contributed by atoms with Gasteiger partial charge in [-0.2, -0.15) is 0 Å². The molecule has 3 N–H and O–H groups in total. The van der Waals surface area contributed by atoms with Crippen LogP contribution < -0.4 is 16.2 Å². The number of pyridine rings is 2. The SMILES string of the molecule is Cc1cc2c(-c3ccco3)cnc(N[C@H]3CCN(C)C[C@@H]3C(=O)NC3CCCCC3)c2[nH]c1=O. The lowest BCUT2D eigenvalue weighted by Gasteiger charge is -2.37. The van der Waals surface area contributed by atoms with Gasteiger partial charge in [-0.1, -0.05) is 19.3 Å². The van der Waals surface area contributed by atoms with Crippen molar-refractivity contribution in [3.05, 3.63) is 46.6 Å². The number of furan rings is 1. The fraction of sp³-hybridized carbons (Fsp3) is 0.500. The van der Waals surface area contributed by atoms with Crippen molar-refractivity contribution in [2.75, 3.05) is 25.5 Å². The molecule has 1 saturated carbocycles. The molecule has 3 aromatic rings. The summed E-state index contributed by atoms with van der Waals surface area (Å²) < 4.78 is 5.61. The summed E-state index contributed by atoms with van der Waals surface area (Å²) >= 11 is 0.